The number of ether oxygens (including phenoxy) is 2. The number of rotatable bonds is 3. The minimum atomic E-state index is -0.209. The molecule has 5 heteroatoms. The lowest BCUT2D eigenvalue weighted by atomic mass is 10.2. The summed E-state index contributed by atoms with van der Waals surface area (Å²) in [6.45, 7) is 0.836. The molecule has 0 spiro atoms. The van der Waals surface area contributed by atoms with Crippen molar-refractivity contribution in [1.29, 1.82) is 0 Å². The smallest absolute Gasteiger partial charge is 0.328 e. The summed E-state index contributed by atoms with van der Waals surface area (Å²) in [6, 6.07) is 5.33. The van der Waals surface area contributed by atoms with Gasteiger partial charge in [-0.15, -0.1) is 0 Å². The summed E-state index contributed by atoms with van der Waals surface area (Å²) < 4.78 is 9.94. The first-order valence-electron chi connectivity index (χ1n) is 5.85. The van der Waals surface area contributed by atoms with E-state index in [0.29, 0.717) is 10.8 Å². The first kappa shape index (κ1) is 13.0. The summed E-state index contributed by atoms with van der Waals surface area (Å²) >= 11 is 6.10. The first-order valence-corrected chi connectivity index (χ1v) is 6.23. The number of halogens is 1. The van der Waals surface area contributed by atoms with Crippen molar-refractivity contribution in [3.63, 3.8) is 0 Å². The summed E-state index contributed by atoms with van der Waals surface area (Å²) in [5, 5.41) is 0.547. The van der Waals surface area contributed by atoms with Crippen LogP contribution < -0.4 is 9.64 Å². The Kier molecular flexibility index (Phi) is 3.97. The molecule has 1 aliphatic heterocycles. The van der Waals surface area contributed by atoms with Crippen LogP contribution in [0.25, 0.3) is 0 Å². The molecule has 0 radical (unpaired) electrons. The second-order valence-corrected chi connectivity index (χ2v) is 4.60. The molecule has 1 atom stereocenters. The average Bonchev–Trinajstić information content (AvgIpc) is 2.86. The number of anilines is 1. The van der Waals surface area contributed by atoms with Gasteiger partial charge in [0.1, 0.15) is 11.8 Å². The number of carbonyl (C=O) groups is 1. The fourth-order valence-corrected chi connectivity index (χ4v) is 2.54. The molecule has 2 rings (SSSR count). The summed E-state index contributed by atoms with van der Waals surface area (Å²) in [5.41, 5.74) is 0.925. The molecule has 0 aliphatic carbocycles. The quantitative estimate of drug-likeness (QED) is 0.791. The molecule has 18 heavy (non-hydrogen) atoms. The topological polar surface area (TPSA) is 38.8 Å². The Labute approximate surface area is 111 Å². The van der Waals surface area contributed by atoms with Crippen LogP contribution in [0.2, 0.25) is 5.02 Å². The van der Waals surface area contributed by atoms with Gasteiger partial charge in [0, 0.05) is 12.2 Å². The van der Waals surface area contributed by atoms with Gasteiger partial charge in [-0.3, -0.25) is 0 Å². The third-order valence-electron chi connectivity index (χ3n) is 3.19. The lowest BCUT2D eigenvalue weighted by molar-refractivity contribution is -0.141. The Morgan fingerprint density at radius 3 is 2.83 bits per heavy atom. The highest BCUT2D eigenvalue weighted by Gasteiger charge is 2.31. The van der Waals surface area contributed by atoms with E-state index in [4.69, 9.17) is 21.1 Å². The highest BCUT2D eigenvalue weighted by molar-refractivity contribution is 6.32. The molecule has 1 heterocycles. The van der Waals surface area contributed by atoms with Gasteiger partial charge in [-0.05, 0) is 31.0 Å². The molecule has 1 aromatic rings. The van der Waals surface area contributed by atoms with E-state index in [-0.39, 0.29) is 12.0 Å². The Hall–Kier alpha value is -1.42. The Bertz CT molecular complexity index is 450. The zero-order valence-corrected chi connectivity index (χ0v) is 11.2. The van der Waals surface area contributed by atoms with Gasteiger partial charge in [-0.2, -0.15) is 0 Å². The minimum absolute atomic E-state index is 0.195. The highest BCUT2D eigenvalue weighted by atomic mass is 35.5. The Balaban J connectivity index is 2.25. The van der Waals surface area contributed by atoms with Gasteiger partial charge >= 0.3 is 5.97 Å². The van der Waals surface area contributed by atoms with E-state index >= 15 is 0 Å². The van der Waals surface area contributed by atoms with E-state index in [2.05, 4.69) is 0 Å². The van der Waals surface area contributed by atoms with Crippen LogP contribution in [0.15, 0.2) is 18.2 Å². The monoisotopic (exact) mass is 269 g/mol. The fraction of sp³-hybridized carbons (Fsp3) is 0.462. The highest BCUT2D eigenvalue weighted by Crippen LogP contribution is 2.32. The predicted octanol–water partition coefficient (Wildman–Crippen LogP) is 2.49. The number of nitrogens with zero attached hydrogens (tertiary/aromatic N) is 1. The van der Waals surface area contributed by atoms with Crippen molar-refractivity contribution in [2.24, 2.45) is 0 Å². The molecule has 0 saturated carbocycles. The van der Waals surface area contributed by atoms with Crippen LogP contribution in [-0.2, 0) is 9.53 Å². The van der Waals surface area contributed by atoms with Gasteiger partial charge < -0.3 is 14.4 Å². The van der Waals surface area contributed by atoms with E-state index in [1.165, 1.54) is 7.11 Å². The molecule has 0 amide bonds. The zero-order chi connectivity index (χ0) is 13.1. The summed E-state index contributed by atoms with van der Waals surface area (Å²) in [5.74, 6) is 0.439. The lowest BCUT2D eigenvalue weighted by Gasteiger charge is -2.25. The number of methoxy groups -OCH3 is 2. The van der Waals surface area contributed by atoms with Crippen LogP contribution in [-0.4, -0.2) is 32.8 Å². The number of hydrogen-bond donors (Lipinski definition) is 0. The summed E-state index contributed by atoms with van der Waals surface area (Å²) in [7, 11) is 2.99. The van der Waals surface area contributed by atoms with E-state index in [1.54, 1.807) is 7.11 Å². The molecule has 4 nitrogen and oxygen atoms in total. The van der Waals surface area contributed by atoms with Crippen molar-refractivity contribution in [3.8, 4) is 5.75 Å². The van der Waals surface area contributed by atoms with Gasteiger partial charge in [-0.1, -0.05) is 11.6 Å². The average molecular weight is 270 g/mol. The standard InChI is InChI=1S/C13H16ClNO3/c1-17-12-6-5-9(8-10(12)14)15-7-3-4-11(15)13(16)18-2/h5-6,8,11H,3-4,7H2,1-2H3. The second kappa shape index (κ2) is 5.48. The van der Waals surface area contributed by atoms with Crippen LogP contribution in [0.1, 0.15) is 12.8 Å². The maximum absolute atomic E-state index is 11.7. The second-order valence-electron chi connectivity index (χ2n) is 4.19. The molecule has 1 aromatic carbocycles. The summed E-state index contributed by atoms with van der Waals surface area (Å²) in [6.07, 6.45) is 1.79. The van der Waals surface area contributed by atoms with Crippen molar-refractivity contribution >= 4 is 23.3 Å². The summed E-state index contributed by atoms with van der Waals surface area (Å²) in [4.78, 5) is 13.7. The minimum Gasteiger partial charge on any atom is -0.495 e. The SMILES string of the molecule is COC(=O)C1CCCN1c1ccc(OC)c(Cl)c1. The third kappa shape index (κ3) is 2.38. The predicted molar refractivity (Wildman–Crippen MR) is 70.4 cm³/mol. The molecule has 1 fully saturated rings. The van der Waals surface area contributed by atoms with E-state index in [0.717, 1.165) is 25.1 Å². The lowest BCUT2D eigenvalue weighted by Crippen LogP contribution is -2.36. The van der Waals surface area contributed by atoms with Gasteiger partial charge in [0.15, 0.2) is 0 Å². The molecule has 1 saturated heterocycles. The largest absolute Gasteiger partial charge is 0.495 e. The molecule has 0 bridgehead atoms. The molecular weight excluding hydrogens is 254 g/mol. The van der Waals surface area contributed by atoms with Crippen molar-refractivity contribution in [1.82, 2.24) is 0 Å². The van der Waals surface area contributed by atoms with Crippen LogP contribution >= 0.6 is 11.6 Å². The fourth-order valence-electron chi connectivity index (χ4n) is 2.29. The van der Waals surface area contributed by atoms with Crippen molar-refractivity contribution in [2.45, 2.75) is 18.9 Å². The first-order chi connectivity index (χ1) is 8.67. The van der Waals surface area contributed by atoms with Crippen molar-refractivity contribution in [2.75, 3.05) is 25.7 Å². The van der Waals surface area contributed by atoms with Crippen molar-refractivity contribution in [3.05, 3.63) is 23.2 Å². The van der Waals surface area contributed by atoms with Crippen LogP contribution in [0.3, 0.4) is 0 Å². The van der Waals surface area contributed by atoms with Crippen LogP contribution in [0.5, 0.6) is 5.75 Å². The maximum atomic E-state index is 11.7. The van der Waals surface area contributed by atoms with Crippen LogP contribution in [0.4, 0.5) is 5.69 Å². The molecular formula is C13H16ClNO3. The van der Waals surface area contributed by atoms with Gasteiger partial charge in [0.25, 0.3) is 0 Å². The molecule has 98 valence electrons. The van der Waals surface area contributed by atoms with E-state index in [1.807, 2.05) is 23.1 Å². The molecule has 0 aromatic heterocycles. The van der Waals surface area contributed by atoms with E-state index in [9.17, 15) is 4.79 Å². The maximum Gasteiger partial charge on any atom is 0.328 e. The van der Waals surface area contributed by atoms with Gasteiger partial charge in [0.2, 0.25) is 0 Å². The van der Waals surface area contributed by atoms with Crippen LogP contribution in [0, 0.1) is 0 Å². The Morgan fingerprint density at radius 1 is 1.44 bits per heavy atom. The molecule has 1 aliphatic rings. The van der Waals surface area contributed by atoms with E-state index < -0.39 is 0 Å². The zero-order valence-electron chi connectivity index (χ0n) is 10.5. The Morgan fingerprint density at radius 2 is 2.22 bits per heavy atom. The number of carbonyl (C=O) groups excluding carboxylic acids is 1. The number of esters is 1. The number of hydrogen-bond acceptors (Lipinski definition) is 4. The molecule has 1 unspecified atom stereocenters. The normalized spacial score (nSPS) is 18.8. The van der Waals surface area contributed by atoms with Crippen molar-refractivity contribution < 1.29 is 14.3 Å². The third-order valence-corrected chi connectivity index (χ3v) is 3.49. The van der Waals surface area contributed by atoms with Gasteiger partial charge in [-0.25, -0.2) is 4.79 Å². The van der Waals surface area contributed by atoms with Gasteiger partial charge in [0.05, 0.1) is 19.2 Å². The number of benzene rings is 1. The molecule has 0 N–H and O–H groups in total.